The van der Waals surface area contributed by atoms with Crippen molar-refractivity contribution < 1.29 is 14.6 Å². The summed E-state index contributed by atoms with van der Waals surface area (Å²) in [5.74, 6) is 0. The Morgan fingerprint density at radius 3 is 2.33 bits per heavy atom. The van der Waals surface area contributed by atoms with E-state index < -0.39 is 13.7 Å². The highest BCUT2D eigenvalue weighted by molar-refractivity contribution is 7.56. The van der Waals surface area contributed by atoms with Crippen LogP contribution in [0.1, 0.15) is 5.56 Å². The summed E-state index contributed by atoms with van der Waals surface area (Å²) in [6.07, 6.45) is -0.605. The van der Waals surface area contributed by atoms with Crippen LogP contribution in [0.25, 0.3) is 0 Å². The summed E-state index contributed by atoms with van der Waals surface area (Å²) in [4.78, 5) is 9.08. The molecule has 1 aromatic carbocycles. The second-order valence-corrected chi connectivity index (χ2v) is 4.92. The summed E-state index contributed by atoms with van der Waals surface area (Å²) < 4.78 is 11.1. The van der Waals surface area contributed by atoms with Gasteiger partial charge in [-0.05, 0) is 5.56 Å². The van der Waals surface area contributed by atoms with Crippen molar-refractivity contribution in [3.8, 4) is 0 Å². The molecule has 4 heteroatoms. The van der Waals surface area contributed by atoms with Gasteiger partial charge in [0.2, 0.25) is 7.37 Å². The summed E-state index contributed by atoms with van der Waals surface area (Å²) >= 11 is 0. The molecular weight excluding hydrogens is 175 g/mol. The predicted molar refractivity (Wildman–Crippen MR) is 47.1 cm³/mol. The van der Waals surface area contributed by atoms with Crippen molar-refractivity contribution in [2.75, 3.05) is 6.35 Å². The van der Waals surface area contributed by atoms with E-state index in [2.05, 4.69) is 0 Å². The van der Waals surface area contributed by atoms with Crippen LogP contribution in [-0.4, -0.2) is 16.3 Å². The maximum atomic E-state index is 11.1. The summed E-state index contributed by atoms with van der Waals surface area (Å²) in [7, 11) is -3.34. The zero-order valence-corrected chi connectivity index (χ0v) is 7.45. The van der Waals surface area contributed by atoms with Gasteiger partial charge in [-0.25, -0.2) is 0 Å². The topological polar surface area (TPSA) is 57.5 Å². The van der Waals surface area contributed by atoms with Gasteiger partial charge in [0.05, 0.1) is 6.16 Å². The van der Waals surface area contributed by atoms with Crippen LogP contribution in [0.5, 0.6) is 0 Å². The highest BCUT2D eigenvalue weighted by Gasteiger charge is 2.16. The van der Waals surface area contributed by atoms with Crippen molar-refractivity contribution >= 4 is 7.37 Å². The van der Waals surface area contributed by atoms with Crippen molar-refractivity contribution in [2.24, 2.45) is 0 Å². The van der Waals surface area contributed by atoms with E-state index in [1.807, 2.05) is 6.07 Å². The van der Waals surface area contributed by atoms with E-state index in [1.165, 1.54) is 0 Å². The van der Waals surface area contributed by atoms with Gasteiger partial charge >= 0.3 is 0 Å². The molecule has 1 atom stereocenters. The maximum absolute atomic E-state index is 11.1. The lowest BCUT2D eigenvalue weighted by Crippen LogP contribution is -1.91. The highest BCUT2D eigenvalue weighted by Crippen LogP contribution is 2.42. The molecule has 0 amide bonds. The smallest absolute Gasteiger partial charge is 0.229 e. The zero-order valence-electron chi connectivity index (χ0n) is 6.55. The summed E-state index contributed by atoms with van der Waals surface area (Å²) in [5, 5.41) is 8.54. The third-order valence-corrected chi connectivity index (χ3v) is 2.79. The van der Waals surface area contributed by atoms with E-state index >= 15 is 0 Å². The average molecular weight is 186 g/mol. The number of benzene rings is 1. The Morgan fingerprint density at radius 1 is 1.25 bits per heavy atom. The molecule has 2 N–H and O–H groups in total. The largest absolute Gasteiger partial charge is 0.386 e. The van der Waals surface area contributed by atoms with E-state index in [1.54, 1.807) is 24.3 Å². The van der Waals surface area contributed by atoms with Crippen LogP contribution in [0.4, 0.5) is 0 Å². The lowest BCUT2D eigenvalue weighted by atomic mass is 10.2. The van der Waals surface area contributed by atoms with E-state index in [0.29, 0.717) is 0 Å². The summed E-state index contributed by atoms with van der Waals surface area (Å²) in [5.41, 5.74) is 0.775. The van der Waals surface area contributed by atoms with Gasteiger partial charge < -0.3 is 10.00 Å². The number of aliphatic hydroxyl groups is 1. The van der Waals surface area contributed by atoms with Crippen LogP contribution in [0, 0.1) is 0 Å². The van der Waals surface area contributed by atoms with Gasteiger partial charge in [-0.2, -0.15) is 0 Å². The Morgan fingerprint density at radius 2 is 1.83 bits per heavy atom. The van der Waals surface area contributed by atoms with Crippen LogP contribution < -0.4 is 0 Å². The van der Waals surface area contributed by atoms with Crippen LogP contribution >= 0.6 is 7.37 Å². The fraction of sp³-hybridized carbons (Fsp3) is 0.250. The highest BCUT2D eigenvalue weighted by atomic mass is 31.2. The molecule has 12 heavy (non-hydrogen) atoms. The lowest BCUT2D eigenvalue weighted by molar-refractivity contribution is 0.332. The Hall–Kier alpha value is -0.630. The molecule has 0 fully saturated rings. The van der Waals surface area contributed by atoms with Crippen LogP contribution in [0.2, 0.25) is 0 Å². The van der Waals surface area contributed by atoms with Gasteiger partial charge in [-0.1, -0.05) is 30.3 Å². The zero-order chi connectivity index (χ0) is 9.03. The first-order valence-electron chi connectivity index (χ1n) is 3.60. The fourth-order valence-electron chi connectivity index (χ4n) is 0.919. The van der Waals surface area contributed by atoms with Crippen LogP contribution in [0.15, 0.2) is 30.3 Å². The summed E-state index contributed by atoms with van der Waals surface area (Å²) in [6.45, 7) is 0. The standard InChI is InChI=1S/C8H11O3P/c9-7-12(10,11)6-8-4-2-1-3-5-8/h1-5,9H,6-7H2,(H,10,11). The second-order valence-electron chi connectivity index (χ2n) is 2.63. The number of hydrogen-bond donors (Lipinski definition) is 2. The van der Waals surface area contributed by atoms with E-state index in [-0.39, 0.29) is 6.16 Å². The molecule has 0 aliphatic rings. The van der Waals surface area contributed by atoms with Gasteiger partial charge in [0.1, 0.15) is 6.35 Å². The molecule has 0 heterocycles. The average Bonchev–Trinajstić information content (AvgIpc) is 2.06. The molecule has 0 saturated carbocycles. The number of hydrogen-bond acceptors (Lipinski definition) is 2. The minimum absolute atomic E-state index is 0.0460. The Labute approximate surface area is 71.1 Å². The van der Waals surface area contributed by atoms with Crippen LogP contribution in [-0.2, 0) is 10.7 Å². The quantitative estimate of drug-likeness (QED) is 0.701. The minimum atomic E-state index is -3.34. The van der Waals surface area contributed by atoms with Crippen molar-refractivity contribution in [3.63, 3.8) is 0 Å². The molecule has 0 spiro atoms. The Bertz CT molecular complexity index is 284. The molecule has 1 unspecified atom stereocenters. The normalized spacial score (nSPS) is 15.5. The van der Waals surface area contributed by atoms with Gasteiger partial charge in [-0.15, -0.1) is 0 Å². The first-order valence-corrected chi connectivity index (χ1v) is 5.63. The number of aliphatic hydroxyl groups excluding tert-OH is 1. The Kier molecular flexibility index (Phi) is 3.04. The van der Waals surface area contributed by atoms with Crippen molar-refractivity contribution in [1.29, 1.82) is 0 Å². The van der Waals surface area contributed by atoms with Gasteiger partial charge in [0.25, 0.3) is 0 Å². The van der Waals surface area contributed by atoms with Crippen LogP contribution in [0.3, 0.4) is 0 Å². The third kappa shape index (κ3) is 2.78. The molecule has 0 radical (unpaired) electrons. The van der Waals surface area contributed by atoms with Gasteiger partial charge in [-0.3, -0.25) is 4.57 Å². The molecular formula is C8H11O3P. The molecule has 66 valence electrons. The molecule has 1 rings (SSSR count). The molecule has 0 aromatic heterocycles. The molecule has 1 aromatic rings. The molecule has 0 aliphatic heterocycles. The number of rotatable bonds is 3. The third-order valence-electron chi connectivity index (χ3n) is 1.49. The first kappa shape index (κ1) is 9.46. The van der Waals surface area contributed by atoms with E-state index in [0.717, 1.165) is 5.56 Å². The van der Waals surface area contributed by atoms with Gasteiger partial charge in [0, 0.05) is 0 Å². The SMILES string of the molecule is O=P(O)(CO)Cc1ccccc1. The Balaban J connectivity index is 2.71. The van der Waals surface area contributed by atoms with Crippen molar-refractivity contribution in [1.82, 2.24) is 0 Å². The predicted octanol–water partition coefficient (Wildman–Crippen LogP) is 1.41. The minimum Gasteiger partial charge on any atom is -0.386 e. The molecule has 0 bridgehead atoms. The second kappa shape index (κ2) is 3.85. The van der Waals surface area contributed by atoms with Gasteiger partial charge in [0.15, 0.2) is 0 Å². The molecule has 3 nitrogen and oxygen atoms in total. The van der Waals surface area contributed by atoms with Crippen molar-refractivity contribution in [2.45, 2.75) is 6.16 Å². The van der Waals surface area contributed by atoms with E-state index in [9.17, 15) is 4.57 Å². The fourth-order valence-corrected chi connectivity index (χ4v) is 1.80. The molecule has 0 saturated heterocycles. The lowest BCUT2D eigenvalue weighted by Gasteiger charge is -2.06. The maximum Gasteiger partial charge on any atom is 0.229 e. The van der Waals surface area contributed by atoms with Crippen molar-refractivity contribution in [3.05, 3.63) is 35.9 Å². The first-order chi connectivity index (χ1) is 5.64. The molecule has 0 aliphatic carbocycles. The van der Waals surface area contributed by atoms with E-state index in [4.69, 9.17) is 10.00 Å². The monoisotopic (exact) mass is 186 g/mol. The summed E-state index contributed by atoms with van der Waals surface area (Å²) in [6, 6.07) is 8.96.